The van der Waals surface area contributed by atoms with Crippen molar-refractivity contribution in [2.75, 3.05) is 46.4 Å². The van der Waals surface area contributed by atoms with Crippen LogP contribution in [0.3, 0.4) is 0 Å². The number of carbonyl (C=O) groups excluding carboxylic acids is 2. The van der Waals surface area contributed by atoms with Crippen molar-refractivity contribution in [3.8, 4) is 0 Å². The van der Waals surface area contributed by atoms with E-state index in [0.29, 0.717) is 32.2 Å². The second-order valence-corrected chi connectivity index (χ2v) is 17.9. The SMILES string of the molecule is CCCCCCCCC(CCCCCC)C(=O)OCCCCC(O)CN(CCN(C)CCO)C1CCC(OC(=O)C(CCCCCC)CCCCCCCC)CC1. The Kier molecular flexibility index (Phi) is 35.6. The summed E-state index contributed by atoms with van der Waals surface area (Å²) < 4.78 is 12.1. The first-order chi connectivity index (χ1) is 27.8. The number of esters is 2. The predicted octanol–water partition coefficient (Wildman–Crippen LogP) is 11.8. The number of nitrogens with zero attached hydrogens (tertiary/aromatic N) is 2. The monoisotopic (exact) mass is 809 g/mol. The lowest BCUT2D eigenvalue weighted by Crippen LogP contribution is -2.46. The number of hydrogen-bond donors (Lipinski definition) is 2. The number of unbranched alkanes of at least 4 members (excludes halogenated alkanes) is 17. The Morgan fingerprint density at radius 2 is 1.00 bits per heavy atom. The Bertz CT molecular complexity index is 912. The fraction of sp³-hybridized carbons (Fsp3) is 0.959. The zero-order valence-electron chi connectivity index (χ0n) is 38.5. The van der Waals surface area contributed by atoms with Crippen molar-refractivity contribution in [3.63, 3.8) is 0 Å². The van der Waals surface area contributed by atoms with E-state index < -0.39 is 6.10 Å². The molecule has 338 valence electrons. The lowest BCUT2D eigenvalue weighted by atomic mass is 9.90. The molecule has 0 saturated heterocycles. The fourth-order valence-electron chi connectivity index (χ4n) is 8.67. The summed E-state index contributed by atoms with van der Waals surface area (Å²) in [4.78, 5) is 31.2. The van der Waals surface area contributed by atoms with E-state index >= 15 is 0 Å². The Morgan fingerprint density at radius 3 is 1.49 bits per heavy atom. The number of ether oxygens (including phenoxy) is 2. The van der Waals surface area contributed by atoms with Crippen molar-refractivity contribution < 1.29 is 29.3 Å². The Balaban J connectivity index is 2.62. The molecule has 3 atom stereocenters. The van der Waals surface area contributed by atoms with Crippen LogP contribution >= 0.6 is 0 Å². The molecule has 0 bridgehead atoms. The van der Waals surface area contributed by atoms with Gasteiger partial charge in [-0.2, -0.15) is 0 Å². The predicted molar refractivity (Wildman–Crippen MR) is 240 cm³/mol. The lowest BCUT2D eigenvalue weighted by molar-refractivity contribution is -0.157. The normalized spacial score (nSPS) is 17.6. The number of hydrogen-bond acceptors (Lipinski definition) is 8. The van der Waals surface area contributed by atoms with E-state index in [-0.39, 0.29) is 36.5 Å². The minimum absolute atomic E-state index is 0.00951. The maximum absolute atomic E-state index is 13.5. The smallest absolute Gasteiger partial charge is 0.309 e. The summed E-state index contributed by atoms with van der Waals surface area (Å²) in [6.07, 6.45) is 33.7. The van der Waals surface area contributed by atoms with Gasteiger partial charge in [-0.15, -0.1) is 0 Å². The van der Waals surface area contributed by atoms with Gasteiger partial charge in [0.2, 0.25) is 0 Å². The van der Waals surface area contributed by atoms with E-state index in [2.05, 4.69) is 37.5 Å². The molecule has 0 aromatic carbocycles. The largest absolute Gasteiger partial charge is 0.465 e. The molecule has 8 heteroatoms. The van der Waals surface area contributed by atoms with Crippen LogP contribution in [0.25, 0.3) is 0 Å². The van der Waals surface area contributed by atoms with Crippen LogP contribution in [0.15, 0.2) is 0 Å². The summed E-state index contributed by atoms with van der Waals surface area (Å²) in [5, 5.41) is 20.7. The first-order valence-electron chi connectivity index (χ1n) is 24.9. The summed E-state index contributed by atoms with van der Waals surface area (Å²) in [6, 6.07) is 0.340. The summed E-state index contributed by atoms with van der Waals surface area (Å²) >= 11 is 0. The third-order valence-corrected chi connectivity index (χ3v) is 12.6. The maximum atomic E-state index is 13.5. The van der Waals surface area contributed by atoms with E-state index in [1.54, 1.807) is 0 Å². The van der Waals surface area contributed by atoms with Crippen LogP contribution in [0.1, 0.15) is 227 Å². The number of likely N-dealkylation sites (N-methyl/N-ethyl adjacent to an activating group) is 1. The highest BCUT2D eigenvalue weighted by Gasteiger charge is 2.31. The van der Waals surface area contributed by atoms with Gasteiger partial charge in [-0.3, -0.25) is 14.5 Å². The van der Waals surface area contributed by atoms with Crippen LogP contribution in [0, 0.1) is 11.8 Å². The van der Waals surface area contributed by atoms with Crippen LogP contribution in [-0.2, 0) is 19.1 Å². The maximum Gasteiger partial charge on any atom is 0.309 e. The van der Waals surface area contributed by atoms with E-state index in [4.69, 9.17) is 9.47 Å². The summed E-state index contributed by atoms with van der Waals surface area (Å²) in [7, 11) is 2.04. The summed E-state index contributed by atoms with van der Waals surface area (Å²) in [6.45, 7) is 12.4. The van der Waals surface area contributed by atoms with Gasteiger partial charge in [0.15, 0.2) is 0 Å². The zero-order chi connectivity index (χ0) is 41.8. The molecule has 3 unspecified atom stereocenters. The van der Waals surface area contributed by atoms with Crippen LogP contribution in [-0.4, -0.2) is 96.6 Å². The Morgan fingerprint density at radius 1 is 0.561 bits per heavy atom. The highest BCUT2D eigenvalue weighted by molar-refractivity contribution is 5.72. The third kappa shape index (κ3) is 28.8. The standard InChI is InChI=1S/C49H96N2O6/c1-6-10-14-18-20-24-29-43(28-22-16-12-8-3)48(54)56-41-27-26-32-46(53)42-51(38-37-50(5)39-40-52)45-33-35-47(36-34-45)57-49(55)44(30-23-17-13-9-4)31-25-21-19-15-11-7-2/h43-47,52-53H,6-42H2,1-5H3. The van der Waals surface area contributed by atoms with Gasteiger partial charge >= 0.3 is 11.9 Å². The van der Waals surface area contributed by atoms with Crippen LogP contribution in [0.2, 0.25) is 0 Å². The summed E-state index contributed by atoms with van der Waals surface area (Å²) in [5.74, 6) is 0.0784. The molecule has 0 spiro atoms. The van der Waals surface area contributed by atoms with Gasteiger partial charge in [0, 0.05) is 32.2 Å². The molecule has 1 aliphatic rings. The van der Waals surface area contributed by atoms with Crippen molar-refractivity contribution in [2.24, 2.45) is 11.8 Å². The average Bonchev–Trinajstić information content (AvgIpc) is 3.20. The van der Waals surface area contributed by atoms with Crippen molar-refractivity contribution >= 4 is 11.9 Å². The first kappa shape index (κ1) is 53.8. The molecule has 0 aliphatic heterocycles. The molecule has 1 aliphatic carbocycles. The topological polar surface area (TPSA) is 99.5 Å². The van der Waals surface area contributed by atoms with Crippen molar-refractivity contribution in [1.82, 2.24) is 9.80 Å². The molecule has 0 heterocycles. The molecule has 1 fully saturated rings. The van der Waals surface area contributed by atoms with Gasteiger partial charge in [0.1, 0.15) is 6.10 Å². The van der Waals surface area contributed by atoms with Gasteiger partial charge < -0.3 is 24.6 Å². The van der Waals surface area contributed by atoms with Gasteiger partial charge in [-0.1, -0.05) is 156 Å². The number of rotatable bonds is 40. The highest BCUT2D eigenvalue weighted by Crippen LogP contribution is 2.29. The Hall–Kier alpha value is -1.22. The second kappa shape index (κ2) is 37.8. The Labute approximate surface area is 353 Å². The molecule has 1 saturated carbocycles. The average molecular weight is 809 g/mol. The number of aliphatic hydroxyl groups is 2. The van der Waals surface area contributed by atoms with Crippen LogP contribution in [0.4, 0.5) is 0 Å². The molecule has 0 radical (unpaired) electrons. The van der Waals surface area contributed by atoms with Gasteiger partial charge in [0.05, 0.1) is 31.2 Å². The molecular formula is C49H96N2O6. The van der Waals surface area contributed by atoms with E-state index in [1.807, 2.05) is 7.05 Å². The van der Waals surface area contributed by atoms with Gasteiger partial charge in [-0.25, -0.2) is 0 Å². The molecule has 2 N–H and O–H groups in total. The minimum atomic E-state index is -0.450. The number of aliphatic hydroxyl groups excluding tert-OH is 2. The molecule has 0 aromatic rings. The fourth-order valence-corrected chi connectivity index (χ4v) is 8.67. The van der Waals surface area contributed by atoms with Crippen molar-refractivity contribution in [1.29, 1.82) is 0 Å². The zero-order valence-corrected chi connectivity index (χ0v) is 38.5. The lowest BCUT2D eigenvalue weighted by Gasteiger charge is -2.38. The third-order valence-electron chi connectivity index (χ3n) is 12.6. The molecule has 57 heavy (non-hydrogen) atoms. The van der Waals surface area contributed by atoms with E-state index in [1.165, 1.54) is 103 Å². The highest BCUT2D eigenvalue weighted by atomic mass is 16.5. The molecule has 8 nitrogen and oxygen atoms in total. The second-order valence-electron chi connectivity index (χ2n) is 17.9. The van der Waals surface area contributed by atoms with Crippen LogP contribution < -0.4 is 0 Å². The first-order valence-corrected chi connectivity index (χ1v) is 24.9. The quantitative estimate of drug-likeness (QED) is 0.0466. The molecular weight excluding hydrogens is 713 g/mol. The molecule has 0 amide bonds. The molecule has 1 rings (SSSR count). The van der Waals surface area contributed by atoms with Gasteiger partial charge in [-0.05, 0) is 77.7 Å². The van der Waals surface area contributed by atoms with Gasteiger partial charge in [0.25, 0.3) is 0 Å². The van der Waals surface area contributed by atoms with Crippen molar-refractivity contribution in [3.05, 3.63) is 0 Å². The van der Waals surface area contributed by atoms with E-state index in [0.717, 1.165) is 103 Å². The van der Waals surface area contributed by atoms with Crippen molar-refractivity contribution in [2.45, 2.75) is 245 Å². The minimum Gasteiger partial charge on any atom is -0.465 e. The van der Waals surface area contributed by atoms with E-state index in [9.17, 15) is 19.8 Å². The molecule has 0 aromatic heterocycles. The summed E-state index contributed by atoms with van der Waals surface area (Å²) in [5.41, 5.74) is 0. The number of carbonyl (C=O) groups is 2. The van der Waals surface area contributed by atoms with Crippen LogP contribution in [0.5, 0.6) is 0 Å².